The van der Waals surface area contributed by atoms with Gasteiger partial charge in [-0.05, 0) is 55.9 Å². The fourth-order valence-electron chi connectivity index (χ4n) is 4.11. The summed E-state index contributed by atoms with van der Waals surface area (Å²) < 4.78 is 0. The van der Waals surface area contributed by atoms with E-state index in [-0.39, 0.29) is 29.9 Å². The molecule has 5 nitrogen and oxygen atoms in total. The first-order valence-corrected chi connectivity index (χ1v) is 12.5. The summed E-state index contributed by atoms with van der Waals surface area (Å²) in [7, 11) is 1.86. The van der Waals surface area contributed by atoms with Crippen LogP contribution in [0, 0.1) is 11.8 Å². The number of carbonyl (C=O) groups excluding carboxylic acids is 1. The number of rotatable bonds is 4. The van der Waals surface area contributed by atoms with Crippen molar-refractivity contribution in [3.8, 4) is 0 Å². The lowest BCUT2D eigenvalue weighted by atomic mass is 9.85. The van der Waals surface area contributed by atoms with E-state index in [1.165, 1.54) is 24.3 Å². The highest BCUT2D eigenvalue weighted by Crippen LogP contribution is 2.27. The van der Waals surface area contributed by atoms with Crippen LogP contribution in [0.2, 0.25) is 0 Å². The largest absolute Gasteiger partial charge is 0.356 e. The molecule has 2 heterocycles. The van der Waals surface area contributed by atoms with Crippen LogP contribution in [0.3, 0.4) is 0 Å². The maximum absolute atomic E-state index is 12.7. The Labute approximate surface area is 190 Å². The second-order valence-corrected chi connectivity index (χ2v) is 10.1. The van der Waals surface area contributed by atoms with E-state index in [9.17, 15) is 4.79 Å². The third-order valence-corrected chi connectivity index (χ3v) is 7.85. The Bertz CT molecular complexity index is 474. The predicted molar refractivity (Wildman–Crippen MR) is 130 cm³/mol. The molecule has 0 spiro atoms. The average Bonchev–Trinajstić information content (AvgIpc) is 2.72. The quantitative estimate of drug-likeness (QED) is 0.335. The molecule has 3 rings (SSSR count). The molecule has 0 aromatic carbocycles. The molecule has 0 aromatic heterocycles. The van der Waals surface area contributed by atoms with Gasteiger partial charge in [-0.1, -0.05) is 0 Å². The number of hydrogen-bond donors (Lipinski definition) is 2. The Morgan fingerprint density at radius 2 is 1.63 bits per heavy atom. The zero-order valence-electron chi connectivity index (χ0n) is 16.5. The van der Waals surface area contributed by atoms with E-state index in [1.807, 2.05) is 18.8 Å². The lowest BCUT2D eigenvalue weighted by Gasteiger charge is -2.34. The monoisotopic (exact) mass is 526 g/mol. The summed E-state index contributed by atoms with van der Waals surface area (Å²) in [6.45, 7) is 2.91. The molecule has 3 aliphatic rings. The summed E-state index contributed by atoms with van der Waals surface area (Å²) in [5.74, 6) is 7.16. The van der Waals surface area contributed by atoms with Gasteiger partial charge in [0.05, 0.1) is 0 Å². The molecule has 2 N–H and O–H groups in total. The molecule has 0 bridgehead atoms. The molecule has 0 unspecified atom stereocenters. The van der Waals surface area contributed by atoms with Crippen molar-refractivity contribution < 1.29 is 4.79 Å². The highest BCUT2D eigenvalue weighted by molar-refractivity contribution is 14.0. The summed E-state index contributed by atoms with van der Waals surface area (Å²) in [4.78, 5) is 19.2. The van der Waals surface area contributed by atoms with Gasteiger partial charge < -0.3 is 15.5 Å². The van der Waals surface area contributed by atoms with E-state index >= 15 is 0 Å². The molecule has 156 valence electrons. The molecular formula is C19H35IN4OS2. The summed E-state index contributed by atoms with van der Waals surface area (Å²) in [6, 6.07) is 0.448. The minimum atomic E-state index is 0. The van der Waals surface area contributed by atoms with Crippen molar-refractivity contribution in [1.82, 2.24) is 15.5 Å². The van der Waals surface area contributed by atoms with Gasteiger partial charge in [-0.2, -0.15) is 23.5 Å². The number of guanidine groups is 1. The molecule has 1 amide bonds. The zero-order chi connectivity index (χ0) is 18.2. The van der Waals surface area contributed by atoms with Crippen LogP contribution in [-0.4, -0.2) is 72.5 Å². The molecule has 0 radical (unpaired) electrons. The van der Waals surface area contributed by atoms with E-state index in [1.54, 1.807) is 0 Å². The van der Waals surface area contributed by atoms with Crippen molar-refractivity contribution in [3.63, 3.8) is 0 Å². The van der Waals surface area contributed by atoms with Gasteiger partial charge in [0.2, 0.25) is 5.91 Å². The van der Waals surface area contributed by atoms with Crippen molar-refractivity contribution in [2.24, 2.45) is 16.8 Å². The molecular weight excluding hydrogens is 491 g/mol. The average molecular weight is 527 g/mol. The minimum absolute atomic E-state index is 0. The van der Waals surface area contributed by atoms with Crippen LogP contribution in [0.25, 0.3) is 0 Å². The zero-order valence-corrected chi connectivity index (χ0v) is 20.4. The number of thioether (sulfide) groups is 2. The number of nitrogens with zero attached hydrogens (tertiary/aromatic N) is 2. The predicted octanol–water partition coefficient (Wildman–Crippen LogP) is 3.05. The van der Waals surface area contributed by atoms with Crippen molar-refractivity contribution in [2.75, 3.05) is 49.7 Å². The Balaban J connectivity index is 0.00000261. The van der Waals surface area contributed by atoms with E-state index in [2.05, 4.69) is 32.3 Å². The maximum atomic E-state index is 12.7. The van der Waals surface area contributed by atoms with E-state index in [0.717, 1.165) is 68.7 Å². The first-order valence-electron chi connectivity index (χ1n) is 10.2. The number of nitrogens with one attached hydrogen (secondary N) is 2. The van der Waals surface area contributed by atoms with Crippen LogP contribution in [-0.2, 0) is 4.79 Å². The minimum Gasteiger partial charge on any atom is -0.356 e. The van der Waals surface area contributed by atoms with Crippen LogP contribution < -0.4 is 10.6 Å². The Kier molecular flexibility index (Phi) is 11.0. The van der Waals surface area contributed by atoms with Crippen molar-refractivity contribution >= 4 is 59.4 Å². The van der Waals surface area contributed by atoms with Gasteiger partial charge in [0.25, 0.3) is 0 Å². The molecule has 0 atom stereocenters. The molecule has 2 saturated heterocycles. The SMILES string of the molecule is CN=C(NCC1CCSCC1)NC1CCC(C(=O)N2CCSCC2)CC1.I. The molecule has 1 saturated carbocycles. The summed E-state index contributed by atoms with van der Waals surface area (Å²) in [6.07, 6.45) is 6.79. The lowest BCUT2D eigenvalue weighted by Crippen LogP contribution is -2.48. The maximum Gasteiger partial charge on any atom is 0.225 e. The molecule has 27 heavy (non-hydrogen) atoms. The Hall–Kier alpha value is 0.170. The Morgan fingerprint density at radius 3 is 2.26 bits per heavy atom. The molecule has 8 heteroatoms. The first-order chi connectivity index (χ1) is 12.8. The lowest BCUT2D eigenvalue weighted by molar-refractivity contribution is -0.136. The van der Waals surface area contributed by atoms with Crippen LogP contribution in [0.15, 0.2) is 4.99 Å². The van der Waals surface area contributed by atoms with Crippen molar-refractivity contribution in [1.29, 1.82) is 0 Å². The third-order valence-electron chi connectivity index (χ3n) is 5.86. The molecule has 0 aromatic rings. The molecule has 3 fully saturated rings. The summed E-state index contributed by atoms with van der Waals surface area (Å²) in [5.41, 5.74) is 0. The van der Waals surface area contributed by atoms with Crippen LogP contribution in [0.1, 0.15) is 38.5 Å². The van der Waals surface area contributed by atoms with Gasteiger partial charge in [0.15, 0.2) is 5.96 Å². The smallest absolute Gasteiger partial charge is 0.225 e. The van der Waals surface area contributed by atoms with E-state index in [0.29, 0.717) is 11.9 Å². The number of halogens is 1. The van der Waals surface area contributed by atoms with Crippen molar-refractivity contribution in [2.45, 2.75) is 44.6 Å². The standard InChI is InChI=1S/C19H34N4OS2.HI/c1-20-19(21-14-15-6-10-25-11-7-15)22-17-4-2-16(3-5-17)18(24)23-8-12-26-13-9-23;/h15-17H,2-14H2,1H3,(H2,20,21,22);1H. The van der Waals surface area contributed by atoms with Gasteiger partial charge in [-0.25, -0.2) is 0 Å². The second kappa shape index (κ2) is 12.7. The highest BCUT2D eigenvalue weighted by Gasteiger charge is 2.30. The third kappa shape index (κ3) is 7.49. The van der Waals surface area contributed by atoms with Crippen LogP contribution in [0.5, 0.6) is 0 Å². The van der Waals surface area contributed by atoms with Gasteiger partial charge in [-0.3, -0.25) is 9.79 Å². The second-order valence-electron chi connectivity index (χ2n) is 7.64. The van der Waals surface area contributed by atoms with Crippen LogP contribution in [0.4, 0.5) is 0 Å². The van der Waals surface area contributed by atoms with E-state index < -0.39 is 0 Å². The summed E-state index contributed by atoms with van der Waals surface area (Å²) in [5, 5.41) is 7.11. The van der Waals surface area contributed by atoms with Crippen LogP contribution >= 0.6 is 47.5 Å². The highest BCUT2D eigenvalue weighted by atomic mass is 127. The molecule has 2 aliphatic heterocycles. The fraction of sp³-hybridized carbons (Fsp3) is 0.895. The number of aliphatic imine (C=N–C) groups is 1. The fourth-order valence-corrected chi connectivity index (χ4v) is 6.21. The van der Waals surface area contributed by atoms with Gasteiger partial charge in [-0.15, -0.1) is 24.0 Å². The number of hydrogen-bond acceptors (Lipinski definition) is 4. The normalized spacial score (nSPS) is 27.6. The number of carbonyl (C=O) groups is 1. The molecule has 1 aliphatic carbocycles. The summed E-state index contributed by atoms with van der Waals surface area (Å²) >= 11 is 4.04. The van der Waals surface area contributed by atoms with Gasteiger partial charge in [0.1, 0.15) is 0 Å². The van der Waals surface area contributed by atoms with Gasteiger partial charge >= 0.3 is 0 Å². The van der Waals surface area contributed by atoms with Gasteiger partial charge in [0, 0.05) is 50.1 Å². The topological polar surface area (TPSA) is 56.7 Å². The Morgan fingerprint density at radius 1 is 1.00 bits per heavy atom. The van der Waals surface area contributed by atoms with Crippen molar-refractivity contribution in [3.05, 3.63) is 0 Å². The van der Waals surface area contributed by atoms with E-state index in [4.69, 9.17) is 0 Å². The first kappa shape index (κ1) is 23.4. The number of amides is 1.